The molecule has 1 aromatic carbocycles. The highest BCUT2D eigenvalue weighted by Gasteiger charge is 2.32. The third-order valence-electron chi connectivity index (χ3n) is 3.87. The van der Waals surface area contributed by atoms with Crippen molar-refractivity contribution in [2.75, 3.05) is 12.0 Å². The van der Waals surface area contributed by atoms with Crippen molar-refractivity contribution in [3.05, 3.63) is 35.4 Å². The van der Waals surface area contributed by atoms with Gasteiger partial charge in [0.15, 0.2) is 0 Å². The van der Waals surface area contributed by atoms with Crippen molar-refractivity contribution < 1.29 is 22.8 Å². The molecule has 1 fully saturated rings. The Bertz CT molecular complexity index is 622. The zero-order valence-electron chi connectivity index (χ0n) is 13.8. The van der Waals surface area contributed by atoms with Crippen LogP contribution in [-0.2, 0) is 15.8 Å². The Hall–Kier alpha value is -1.74. The molecular weight excluding hydrogens is 355 g/mol. The Kier molecular flexibility index (Phi) is 6.34. The number of halogens is 3. The quantitative estimate of drug-likeness (QED) is 0.737. The molecule has 0 aromatic heterocycles. The topological polar surface area (TPSA) is 70.2 Å². The van der Waals surface area contributed by atoms with Gasteiger partial charge in [-0.1, -0.05) is 12.1 Å². The third-order valence-corrected chi connectivity index (χ3v) is 4.54. The smallest absolute Gasteiger partial charge is 0.348 e. The number of alkyl halides is 3. The van der Waals surface area contributed by atoms with Gasteiger partial charge in [0.2, 0.25) is 11.8 Å². The largest absolute Gasteiger partial charge is 0.416 e. The van der Waals surface area contributed by atoms with Crippen molar-refractivity contribution in [2.45, 2.75) is 37.8 Å². The summed E-state index contributed by atoms with van der Waals surface area (Å²) in [7, 11) is 0. The van der Waals surface area contributed by atoms with Crippen LogP contribution in [-0.4, -0.2) is 36.0 Å². The molecule has 1 saturated heterocycles. The van der Waals surface area contributed by atoms with Crippen LogP contribution in [0.2, 0.25) is 0 Å². The first-order valence-electron chi connectivity index (χ1n) is 7.72. The molecule has 0 radical (unpaired) electrons. The van der Waals surface area contributed by atoms with E-state index in [0.29, 0.717) is 11.3 Å². The van der Waals surface area contributed by atoms with E-state index in [1.165, 1.54) is 23.9 Å². The Morgan fingerprint density at radius 2 is 2.00 bits per heavy atom. The molecule has 2 rings (SSSR count). The van der Waals surface area contributed by atoms with E-state index in [2.05, 4.69) is 16.0 Å². The number of carbonyl (C=O) groups excluding carboxylic acids is 2. The highest BCUT2D eigenvalue weighted by atomic mass is 32.2. The van der Waals surface area contributed by atoms with Crippen LogP contribution in [0.15, 0.2) is 24.3 Å². The maximum Gasteiger partial charge on any atom is 0.416 e. The minimum absolute atomic E-state index is 0.0243. The lowest BCUT2D eigenvalue weighted by Crippen LogP contribution is -2.61. The van der Waals surface area contributed by atoms with Crippen LogP contribution < -0.4 is 16.0 Å². The van der Waals surface area contributed by atoms with Crippen LogP contribution in [0.5, 0.6) is 0 Å². The van der Waals surface area contributed by atoms with Crippen LogP contribution in [0, 0.1) is 0 Å². The number of rotatable bonds is 5. The second kappa shape index (κ2) is 8.09. The summed E-state index contributed by atoms with van der Waals surface area (Å²) in [6.45, 7) is 1.68. The van der Waals surface area contributed by atoms with Gasteiger partial charge in [-0.25, -0.2) is 0 Å². The maximum absolute atomic E-state index is 12.6. The zero-order valence-corrected chi connectivity index (χ0v) is 14.6. The number of hydrogen-bond acceptors (Lipinski definition) is 4. The standard InChI is InChI=1S/C16H20F3N3O2S/c1-9(10-3-5-11(6-4-10)16(17,18)19)20-15(24)12-7-14(23)22-13(21-12)8-25-2/h3-6,9,12-13,21H,7-8H2,1-2H3,(H,20,24)(H,22,23)/t9-,12?,13?/m1/s1. The third kappa shape index (κ3) is 5.37. The molecule has 1 heterocycles. The zero-order chi connectivity index (χ0) is 18.6. The highest BCUT2D eigenvalue weighted by Crippen LogP contribution is 2.29. The minimum Gasteiger partial charge on any atom is -0.348 e. The minimum atomic E-state index is -4.39. The fraction of sp³-hybridized carbons (Fsp3) is 0.500. The molecule has 0 aliphatic carbocycles. The lowest BCUT2D eigenvalue weighted by atomic mass is 10.0. The Morgan fingerprint density at radius 1 is 1.36 bits per heavy atom. The van der Waals surface area contributed by atoms with Gasteiger partial charge in [0, 0.05) is 5.75 Å². The molecule has 1 aliphatic rings. The van der Waals surface area contributed by atoms with E-state index in [1.54, 1.807) is 6.92 Å². The van der Waals surface area contributed by atoms with E-state index >= 15 is 0 Å². The van der Waals surface area contributed by atoms with Gasteiger partial charge < -0.3 is 10.6 Å². The summed E-state index contributed by atoms with van der Waals surface area (Å²) in [6.07, 6.45) is -2.76. The van der Waals surface area contributed by atoms with Gasteiger partial charge in [-0.15, -0.1) is 0 Å². The summed E-state index contributed by atoms with van der Waals surface area (Å²) in [6, 6.07) is 3.51. The highest BCUT2D eigenvalue weighted by molar-refractivity contribution is 7.98. The molecule has 1 aromatic rings. The average Bonchev–Trinajstić information content (AvgIpc) is 2.54. The van der Waals surface area contributed by atoms with Crippen LogP contribution >= 0.6 is 11.8 Å². The summed E-state index contributed by atoms with van der Waals surface area (Å²) >= 11 is 1.54. The molecule has 138 valence electrons. The summed E-state index contributed by atoms with van der Waals surface area (Å²) in [5, 5.41) is 8.54. The van der Waals surface area contributed by atoms with Crippen LogP contribution in [0.3, 0.4) is 0 Å². The molecule has 5 nitrogen and oxygen atoms in total. The van der Waals surface area contributed by atoms with E-state index < -0.39 is 23.8 Å². The Balaban J connectivity index is 1.98. The van der Waals surface area contributed by atoms with E-state index in [-0.39, 0.29) is 24.4 Å². The molecule has 3 N–H and O–H groups in total. The number of carbonyl (C=O) groups is 2. The SMILES string of the molecule is CSCC1NC(=O)CC(C(=O)N[C@H](C)c2ccc(C(F)(F)F)cc2)N1. The Morgan fingerprint density at radius 3 is 2.56 bits per heavy atom. The molecule has 1 aliphatic heterocycles. The van der Waals surface area contributed by atoms with Crippen molar-refractivity contribution in [3.8, 4) is 0 Å². The monoisotopic (exact) mass is 375 g/mol. The Labute approximate surface area is 148 Å². The molecule has 9 heteroatoms. The van der Waals surface area contributed by atoms with Crippen molar-refractivity contribution in [2.24, 2.45) is 0 Å². The van der Waals surface area contributed by atoms with Crippen molar-refractivity contribution in [1.82, 2.24) is 16.0 Å². The molecule has 0 saturated carbocycles. The first-order chi connectivity index (χ1) is 11.7. The van der Waals surface area contributed by atoms with Crippen molar-refractivity contribution >= 4 is 23.6 Å². The van der Waals surface area contributed by atoms with Gasteiger partial charge in [0.1, 0.15) is 0 Å². The number of nitrogens with one attached hydrogen (secondary N) is 3. The molecule has 25 heavy (non-hydrogen) atoms. The molecular formula is C16H20F3N3O2S. The lowest BCUT2D eigenvalue weighted by molar-refractivity contribution is -0.137. The van der Waals surface area contributed by atoms with Gasteiger partial charge >= 0.3 is 6.18 Å². The summed E-state index contributed by atoms with van der Waals surface area (Å²) in [4.78, 5) is 24.1. The molecule has 0 spiro atoms. The number of amides is 2. The molecule has 3 atom stereocenters. The lowest BCUT2D eigenvalue weighted by Gasteiger charge is -2.31. The van der Waals surface area contributed by atoms with E-state index in [9.17, 15) is 22.8 Å². The molecule has 0 bridgehead atoms. The van der Waals surface area contributed by atoms with E-state index in [4.69, 9.17) is 0 Å². The second-order valence-electron chi connectivity index (χ2n) is 5.85. The fourth-order valence-electron chi connectivity index (χ4n) is 2.57. The summed E-state index contributed by atoms with van der Waals surface area (Å²) in [5.41, 5.74) is -0.178. The normalized spacial score (nSPS) is 22.2. The van der Waals surface area contributed by atoms with Gasteiger partial charge in [0.05, 0.1) is 30.2 Å². The first kappa shape index (κ1) is 19.6. The second-order valence-corrected chi connectivity index (χ2v) is 6.76. The van der Waals surface area contributed by atoms with E-state index in [0.717, 1.165) is 12.1 Å². The van der Waals surface area contributed by atoms with Crippen LogP contribution in [0.25, 0.3) is 0 Å². The number of hydrogen-bond donors (Lipinski definition) is 3. The predicted molar refractivity (Wildman–Crippen MR) is 89.9 cm³/mol. The van der Waals surface area contributed by atoms with Gasteiger partial charge in [0.25, 0.3) is 0 Å². The summed E-state index contributed by atoms with van der Waals surface area (Å²) in [5.74, 6) is 0.0674. The molecule has 2 amide bonds. The van der Waals surface area contributed by atoms with Crippen molar-refractivity contribution in [1.29, 1.82) is 0 Å². The predicted octanol–water partition coefficient (Wildman–Crippen LogP) is 2.05. The van der Waals surface area contributed by atoms with Gasteiger partial charge in [-0.3, -0.25) is 14.9 Å². The average molecular weight is 375 g/mol. The molecule has 2 unspecified atom stereocenters. The van der Waals surface area contributed by atoms with Gasteiger partial charge in [-0.05, 0) is 30.9 Å². The number of benzene rings is 1. The summed E-state index contributed by atoms with van der Waals surface area (Å²) < 4.78 is 37.8. The fourth-order valence-corrected chi connectivity index (χ4v) is 3.08. The van der Waals surface area contributed by atoms with Crippen LogP contribution in [0.4, 0.5) is 13.2 Å². The van der Waals surface area contributed by atoms with Crippen LogP contribution in [0.1, 0.15) is 30.5 Å². The van der Waals surface area contributed by atoms with E-state index in [1.807, 2.05) is 6.26 Å². The van der Waals surface area contributed by atoms with Crippen molar-refractivity contribution in [3.63, 3.8) is 0 Å². The van der Waals surface area contributed by atoms with Gasteiger partial charge in [-0.2, -0.15) is 24.9 Å². The number of thioether (sulfide) groups is 1. The maximum atomic E-state index is 12.6. The first-order valence-corrected chi connectivity index (χ1v) is 9.12.